The Kier molecular flexibility index (Phi) is 6.31. The number of carbonyl (C=O) groups is 1. The highest BCUT2D eigenvalue weighted by Gasteiger charge is 2.33. The van der Waals surface area contributed by atoms with Gasteiger partial charge in [-0.15, -0.1) is 0 Å². The van der Waals surface area contributed by atoms with Crippen molar-refractivity contribution in [2.24, 2.45) is 0 Å². The van der Waals surface area contributed by atoms with Gasteiger partial charge in [0.2, 0.25) is 0 Å². The van der Waals surface area contributed by atoms with Crippen LogP contribution in [0.25, 0.3) is 6.08 Å². The van der Waals surface area contributed by atoms with Crippen molar-refractivity contribution in [1.29, 1.82) is 0 Å². The fraction of sp³-hybridized carbons (Fsp3) is 0.318. The standard InChI is InChI=1S/C22H22F3NO2/c1-16-2-6-18(7-3-16)21(27)9-5-17-4-8-19(20(14-17)22(23,24)25)15-26-10-12-28-13-11-26/h2-9,14H,10-13,15H2,1H3/b9-5+. The summed E-state index contributed by atoms with van der Waals surface area (Å²) < 4.78 is 45.9. The zero-order chi connectivity index (χ0) is 20.1. The van der Waals surface area contributed by atoms with Gasteiger partial charge in [0, 0.05) is 25.2 Å². The number of allylic oxidation sites excluding steroid dienone is 1. The van der Waals surface area contributed by atoms with E-state index < -0.39 is 11.7 Å². The van der Waals surface area contributed by atoms with E-state index >= 15 is 0 Å². The topological polar surface area (TPSA) is 29.5 Å². The Morgan fingerprint density at radius 3 is 2.43 bits per heavy atom. The van der Waals surface area contributed by atoms with Crippen molar-refractivity contribution in [1.82, 2.24) is 4.90 Å². The summed E-state index contributed by atoms with van der Waals surface area (Å²) in [7, 11) is 0. The van der Waals surface area contributed by atoms with E-state index in [0.717, 1.165) is 11.6 Å². The van der Waals surface area contributed by atoms with Gasteiger partial charge in [0.05, 0.1) is 18.8 Å². The molecule has 148 valence electrons. The summed E-state index contributed by atoms with van der Waals surface area (Å²) in [5.41, 5.74) is 1.45. The maximum Gasteiger partial charge on any atom is 0.416 e. The van der Waals surface area contributed by atoms with Gasteiger partial charge in [0.1, 0.15) is 0 Å². The van der Waals surface area contributed by atoms with Gasteiger partial charge in [0.15, 0.2) is 5.78 Å². The molecule has 0 saturated carbocycles. The average molecular weight is 389 g/mol. The van der Waals surface area contributed by atoms with Gasteiger partial charge in [-0.1, -0.05) is 48.0 Å². The summed E-state index contributed by atoms with van der Waals surface area (Å²) in [6.07, 6.45) is -1.72. The van der Waals surface area contributed by atoms with Crippen LogP contribution >= 0.6 is 0 Å². The van der Waals surface area contributed by atoms with Gasteiger partial charge in [0.25, 0.3) is 0 Å². The molecule has 3 rings (SSSR count). The third-order valence-electron chi connectivity index (χ3n) is 4.70. The minimum Gasteiger partial charge on any atom is -0.379 e. The number of rotatable bonds is 5. The molecule has 1 aliphatic heterocycles. The lowest BCUT2D eigenvalue weighted by Gasteiger charge is -2.27. The van der Waals surface area contributed by atoms with Crippen molar-refractivity contribution in [2.45, 2.75) is 19.6 Å². The molecule has 3 nitrogen and oxygen atoms in total. The highest BCUT2D eigenvalue weighted by molar-refractivity contribution is 6.06. The van der Waals surface area contributed by atoms with Gasteiger partial charge < -0.3 is 4.74 Å². The molecule has 1 fully saturated rings. The zero-order valence-electron chi connectivity index (χ0n) is 15.6. The Morgan fingerprint density at radius 1 is 1.11 bits per heavy atom. The van der Waals surface area contributed by atoms with Crippen LogP contribution in [0.1, 0.15) is 32.6 Å². The van der Waals surface area contributed by atoms with Crippen LogP contribution < -0.4 is 0 Å². The first-order valence-electron chi connectivity index (χ1n) is 9.12. The predicted molar refractivity (Wildman–Crippen MR) is 102 cm³/mol. The lowest BCUT2D eigenvalue weighted by atomic mass is 10.0. The van der Waals surface area contributed by atoms with Crippen LogP contribution in [0.4, 0.5) is 13.2 Å². The predicted octanol–water partition coefficient (Wildman–Crippen LogP) is 4.74. The molecule has 1 saturated heterocycles. The van der Waals surface area contributed by atoms with Gasteiger partial charge in [-0.05, 0) is 30.2 Å². The summed E-state index contributed by atoms with van der Waals surface area (Å²) in [4.78, 5) is 14.2. The second-order valence-corrected chi connectivity index (χ2v) is 6.87. The number of carbonyl (C=O) groups excluding carboxylic acids is 1. The highest BCUT2D eigenvalue weighted by Crippen LogP contribution is 2.33. The van der Waals surface area contributed by atoms with E-state index in [1.807, 2.05) is 24.0 Å². The maximum absolute atomic E-state index is 13.5. The molecule has 0 bridgehead atoms. The number of halogens is 3. The van der Waals surface area contributed by atoms with Crippen molar-refractivity contribution in [3.05, 3.63) is 76.4 Å². The summed E-state index contributed by atoms with van der Waals surface area (Å²) in [5.74, 6) is -0.244. The summed E-state index contributed by atoms with van der Waals surface area (Å²) in [6.45, 7) is 4.44. The molecule has 0 amide bonds. The molecule has 0 radical (unpaired) electrons. The third-order valence-corrected chi connectivity index (χ3v) is 4.70. The Balaban J connectivity index is 1.79. The van der Waals surface area contributed by atoms with Crippen LogP contribution in [-0.2, 0) is 17.5 Å². The summed E-state index contributed by atoms with van der Waals surface area (Å²) >= 11 is 0. The second kappa shape index (κ2) is 8.71. The summed E-state index contributed by atoms with van der Waals surface area (Å²) in [5, 5.41) is 0. The largest absolute Gasteiger partial charge is 0.416 e. The molecule has 6 heteroatoms. The lowest BCUT2D eigenvalue weighted by molar-refractivity contribution is -0.138. The first-order valence-corrected chi connectivity index (χ1v) is 9.12. The van der Waals surface area contributed by atoms with E-state index in [9.17, 15) is 18.0 Å². The molecule has 0 spiro atoms. The zero-order valence-corrected chi connectivity index (χ0v) is 15.6. The molecular formula is C22H22F3NO2. The van der Waals surface area contributed by atoms with Gasteiger partial charge in [-0.25, -0.2) is 0 Å². The van der Waals surface area contributed by atoms with Crippen molar-refractivity contribution < 1.29 is 22.7 Å². The Morgan fingerprint density at radius 2 is 1.79 bits per heavy atom. The number of hydrogen-bond acceptors (Lipinski definition) is 3. The van der Waals surface area contributed by atoms with Crippen LogP contribution in [0.2, 0.25) is 0 Å². The van der Waals surface area contributed by atoms with Crippen molar-refractivity contribution >= 4 is 11.9 Å². The van der Waals surface area contributed by atoms with E-state index in [4.69, 9.17) is 4.74 Å². The van der Waals surface area contributed by atoms with Crippen LogP contribution in [-0.4, -0.2) is 37.0 Å². The number of ether oxygens (including phenoxy) is 1. The molecule has 0 aromatic heterocycles. The minimum absolute atomic E-state index is 0.227. The van der Waals surface area contributed by atoms with E-state index in [0.29, 0.717) is 37.4 Å². The Bertz CT molecular complexity index is 851. The normalized spacial score (nSPS) is 15.9. The van der Waals surface area contributed by atoms with E-state index in [1.165, 1.54) is 18.2 Å². The second-order valence-electron chi connectivity index (χ2n) is 6.87. The Hall–Kier alpha value is -2.44. The highest BCUT2D eigenvalue weighted by atomic mass is 19.4. The first kappa shape index (κ1) is 20.3. The molecule has 0 atom stereocenters. The van der Waals surface area contributed by atoms with Crippen molar-refractivity contribution in [2.75, 3.05) is 26.3 Å². The number of alkyl halides is 3. The maximum atomic E-state index is 13.5. The molecular weight excluding hydrogens is 367 g/mol. The molecule has 1 heterocycles. The minimum atomic E-state index is -4.45. The van der Waals surface area contributed by atoms with E-state index in [1.54, 1.807) is 18.2 Å². The molecule has 0 unspecified atom stereocenters. The van der Waals surface area contributed by atoms with Gasteiger partial charge >= 0.3 is 6.18 Å². The summed E-state index contributed by atoms with van der Waals surface area (Å²) in [6, 6.07) is 11.3. The fourth-order valence-corrected chi connectivity index (χ4v) is 3.09. The molecule has 0 N–H and O–H groups in total. The molecule has 2 aromatic rings. The van der Waals surface area contributed by atoms with Crippen LogP contribution in [0.15, 0.2) is 48.5 Å². The first-order chi connectivity index (χ1) is 13.3. The number of hydrogen-bond donors (Lipinski definition) is 0. The number of aryl methyl sites for hydroxylation is 1. The molecule has 0 aliphatic carbocycles. The van der Waals surface area contributed by atoms with Gasteiger partial charge in [-0.2, -0.15) is 13.2 Å². The monoisotopic (exact) mass is 389 g/mol. The number of morpholine rings is 1. The van der Waals surface area contributed by atoms with E-state index in [-0.39, 0.29) is 17.9 Å². The van der Waals surface area contributed by atoms with Crippen LogP contribution in [0.5, 0.6) is 0 Å². The molecule has 28 heavy (non-hydrogen) atoms. The van der Waals surface area contributed by atoms with Crippen LogP contribution in [0.3, 0.4) is 0 Å². The Labute approximate surface area is 162 Å². The third kappa shape index (κ3) is 5.30. The van der Waals surface area contributed by atoms with Crippen molar-refractivity contribution in [3.63, 3.8) is 0 Å². The number of nitrogens with zero attached hydrogens (tertiary/aromatic N) is 1. The van der Waals surface area contributed by atoms with Crippen molar-refractivity contribution in [3.8, 4) is 0 Å². The average Bonchev–Trinajstić information content (AvgIpc) is 2.67. The quantitative estimate of drug-likeness (QED) is 0.546. The SMILES string of the molecule is Cc1ccc(C(=O)/C=C/c2ccc(CN3CCOCC3)c(C(F)(F)F)c2)cc1. The molecule has 2 aromatic carbocycles. The fourth-order valence-electron chi connectivity index (χ4n) is 3.09. The van der Waals surface area contributed by atoms with Crippen LogP contribution in [0, 0.1) is 6.92 Å². The van der Waals surface area contributed by atoms with E-state index in [2.05, 4.69) is 0 Å². The number of ketones is 1. The smallest absolute Gasteiger partial charge is 0.379 e. The lowest BCUT2D eigenvalue weighted by Crippen LogP contribution is -2.36. The number of benzene rings is 2. The molecule has 1 aliphatic rings. The van der Waals surface area contributed by atoms with Gasteiger partial charge in [-0.3, -0.25) is 9.69 Å².